The fourth-order valence-electron chi connectivity index (χ4n) is 3.73. The molecule has 1 aliphatic rings. The molecule has 14 heteroatoms. The lowest BCUT2D eigenvalue weighted by atomic mass is 10.1. The van der Waals surface area contributed by atoms with Crippen LogP contribution in [0.5, 0.6) is 0 Å². The number of hydrogen-bond acceptors (Lipinski definition) is 6. The third-order valence-corrected chi connectivity index (χ3v) is 6.42. The molecule has 206 valence electrons. The van der Waals surface area contributed by atoms with Gasteiger partial charge in [-0.15, -0.1) is 11.3 Å². The Morgan fingerprint density at radius 3 is 2.66 bits per heavy atom. The topological polar surface area (TPSA) is 95.5 Å². The Hall–Kier alpha value is -3.48. The molecular formula is C24H26F5N5O3S. The highest BCUT2D eigenvalue weighted by Crippen LogP contribution is 2.26. The average Bonchev–Trinajstić information content (AvgIpc) is 3.10. The van der Waals surface area contributed by atoms with E-state index in [0.717, 1.165) is 17.4 Å². The summed E-state index contributed by atoms with van der Waals surface area (Å²) < 4.78 is 65.6. The van der Waals surface area contributed by atoms with Gasteiger partial charge in [0.1, 0.15) is 15.7 Å². The van der Waals surface area contributed by atoms with Gasteiger partial charge in [0.25, 0.3) is 11.5 Å². The number of carbonyl (C=O) groups excluding carboxylic acids is 2. The second kappa shape index (κ2) is 12.4. The Morgan fingerprint density at radius 1 is 1.24 bits per heavy atom. The number of benzene rings is 1. The number of hydrogen-bond donors (Lipinski definition) is 3. The maximum absolute atomic E-state index is 13.6. The second-order valence-corrected chi connectivity index (χ2v) is 9.56. The molecule has 0 unspecified atom stereocenters. The highest BCUT2D eigenvalue weighted by molar-refractivity contribution is 7.07. The molecule has 1 aromatic carbocycles. The summed E-state index contributed by atoms with van der Waals surface area (Å²) >= 11 is 0.891. The fraction of sp³-hybridized carbons (Fsp3) is 0.417. The Labute approximate surface area is 218 Å². The summed E-state index contributed by atoms with van der Waals surface area (Å²) in [5.41, 5.74) is 3.26. The number of amides is 2. The van der Waals surface area contributed by atoms with Crippen LogP contribution < -0.4 is 30.7 Å². The molecule has 0 atom stereocenters. The van der Waals surface area contributed by atoms with Crippen molar-refractivity contribution in [2.75, 3.05) is 36.8 Å². The molecular weight excluding hydrogens is 533 g/mol. The zero-order valence-corrected chi connectivity index (χ0v) is 21.1. The number of nitrogens with zero attached hydrogens (tertiary/aromatic N) is 2. The lowest BCUT2D eigenvalue weighted by molar-refractivity contribution is -0.135. The van der Waals surface area contributed by atoms with Crippen LogP contribution in [0.25, 0.3) is 11.8 Å². The largest absolute Gasteiger partial charge is 0.405 e. The lowest BCUT2D eigenvalue weighted by Crippen LogP contribution is -2.45. The molecule has 0 saturated carbocycles. The molecule has 0 bridgehead atoms. The first kappa shape index (κ1) is 29.1. The zero-order valence-electron chi connectivity index (χ0n) is 20.3. The molecule has 2 aromatic rings. The van der Waals surface area contributed by atoms with E-state index in [1.54, 1.807) is 36.5 Å². The summed E-state index contributed by atoms with van der Waals surface area (Å²) in [5, 5.41) is 7.29. The van der Waals surface area contributed by atoms with Gasteiger partial charge in [0, 0.05) is 36.6 Å². The lowest BCUT2D eigenvalue weighted by Gasteiger charge is -2.31. The normalized spacial score (nSPS) is 16.0. The van der Waals surface area contributed by atoms with E-state index < -0.39 is 42.6 Å². The minimum absolute atomic E-state index is 0.122. The Bertz CT molecular complexity index is 1380. The fourth-order valence-corrected chi connectivity index (χ4v) is 4.74. The highest BCUT2D eigenvalue weighted by atomic mass is 32.1. The predicted molar refractivity (Wildman–Crippen MR) is 134 cm³/mol. The van der Waals surface area contributed by atoms with Gasteiger partial charge >= 0.3 is 6.18 Å². The molecule has 1 aliphatic heterocycles. The maximum atomic E-state index is 13.6. The first-order valence-corrected chi connectivity index (χ1v) is 12.4. The van der Waals surface area contributed by atoms with Crippen LogP contribution in [0.4, 0.5) is 33.3 Å². The van der Waals surface area contributed by atoms with E-state index in [0.29, 0.717) is 24.3 Å². The van der Waals surface area contributed by atoms with Gasteiger partial charge in [0.15, 0.2) is 0 Å². The van der Waals surface area contributed by atoms with Gasteiger partial charge in [-0.2, -0.15) is 13.2 Å². The van der Waals surface area contributed by atoms with Crippen molar-refractivity contribution in [2.45, 2.75) is 38.4 Å². The highest BCUT2D eigenvalue weighted by Gasteiger charge is 2.35. The van der Waals surface area contributed by atoms with Crippen molar-refractivity contribution >= 4 is 46.3 Å². The van der Waals surface area contributed by atoms with Gasteiger partial charge < -0.3 is 16.0 Å². The third kappa shape index (κ3) is 8.82. The number of piperidine rings is 1. The summed E-state index contributed by atoms with van der Waals surface area (Å²) in [6.45, 7) is 0.173. The SMILES string of the molecule is CCn1c(=O)c(=C=CNc2cccc(NC(=O)CN3CCCC(F)(F)C3)c2)s/c1=C\C(=O)NCC(F)(F)F. The van der Waals surface area contributed by atoms with Gasteiger partial charge in [-0.3, -0.25) is 23.9 Å². The van der Waals surface area contributed by atoms with Crippen molar-refractivity contribution in [3.05, 3.63) is 50.0 Å². The van der Waals surface area contributed by atoms with Crippen LogP contribution in [0.3, 0.4) is 0 Å². The molecule has 0 aliphatic carbocycles. The quantitative estimate of drug-likeness (QED) is 0.431. The third-order valence-electron chi connectivity index (χ3n) is 5.37. The van der Waals surface area contributed by atoms with Crippen molar-refractivity contribution in [2.24, 2.45) is 0 Å². The van der Waals surface area contributed by atoms with E-state index in [-0.39, 0.29) is 28.7 Å². The molecule has 3 N–H and O–H groups in total. The van der Waals surface area contributed by atoms with Crippen LogP contribution in [0.1, 0.15) is 19.8 Å². The summed E-state index contributed by atoms with van der Waals surface area (Å²) in [5.74, 6) is -4.21. The van der Waals surface area contributed by atoms with E-state index in [1.165, 1.54) is 15.7 Å². The van der Waals surface area contributed by atoms with E-state index in [1.807, 2.05) is 0 Å². The summed E-state index contributed by atoms with van der Waals surface area (Å²) in [4.78, 5) is 38.1. The van der Waals surface area contributed by atoms with Crippen molar-refractivity contribution in [3.63, 3.8) is 0 Å². The van der Waals surface area contributed by atoms with Crippen LogP contribution in [0, 0.1) is 0 Å². The van der Waals surface area contributed by atoms with Gasteiger partial charge in [0.2, 0.25) is 11.8 Å². The van der Waals surface area contributed by atoms with E-state index in [2.05, 4.69) is 16.4 Å². The molecule has 0 spiro atoms. The number of anilines is 2. The molecule has 2 heterocycles. The average molecular weight is 560 g/mol. The number of carbonyl (C=O) groups is 2. The van der Waals surface area contributed by atoms with Crippen LogP contribution in [0.15, 0.2) is 35.3 Å². The van der Waals surface area contributed by atoms with Crippen LogP contribution in [-0.4, -0.2) is 59.6 Å². The minimum atomic E-state index is -4.55. The summed E-state index contributed by atoms with van der Waals surface area (Å²) in [6, 6.07) is 6.57. The number of halogens is 5. The number of thiazole rings is 1. The maximum Gasteiger partial charge on any atom is 0.405 e. The minimum Gasteiger partial charge on any atom is -0.355 e. The van der Waals surface area contributed by atoms with E-state index in [9.17, 15) is 36.3 Å². The molecule has 1 aromatic heterocycles. The molecule has 1 saturated heterocycles. The van der Waals surface area contributed by atoms with Gasteiger partial charge in [-0.1, -0.05) is 11.8 Å². The van der Waals surface area contributed by atoms with Gasteiger partial charge in [-0.25, -0.2) is 8.78 Å². The summed E-state index contributed by atoms with van der Waals surface area (Å²) in [7, 11) is 0. The van der Waals surface area contributed by atoms with Crippen LogP contribution in [-0.2, 0) is 16.1 Å². The monoisotopic (exact) mass is 559 g/mol. The number of nitrogens with one attached hydrogen (secondary N) is 3. The first-order valence-electron chi connectivity index (χ1n) is 11.6. The molecule has 38 heavy (non-hydrogen) atoms. The zero-order chi connectivity index (χ0) is 27.9. The first-order chi connectivity index (χ1) is 17.8. The van der Waals surface area contributed by atoms with E-state index in [4.69, 9.17) is 0 Å². The Balaban J connectivity index is 1.69. The van der Waals surface area contributed by atoms with E-state index >= 15 is 0 Å². The molecule has 8 nitrogen and oxygen atoms in total. The summed E-state index contributed by atoms with van der Waals surface area (Å²) in [6.07, 6.45) is -2.14. The second-order valence-electron chi connectivity index (χ2n) is 8.53. The number of likely N-dealkylation sites (tertiary alicyclic amines) is 1. The molecule has 3 rings (SSSR count). The van der Waals surface area contributed by atoms with Crippen LogP contribution in [0.2, 0.25) is 0 Å². The smallest absolute Gasteiger partial charge is 0.355 e. The molecule has 2 amide bonds. The van der Waals surface area contributed by atoms with Crippen molar-refractivity contribution in [3.8, 4) is 0 Å². The number of aromatic nitrogens is 1. The number of rotatable bonds is 8. The Kier molecular flexibility index (Phi) is 9.47. The Morgan fingerprint density at radius 2 is 1.97 bits per heavy atom. The van der Waals surface area contributed by atoms with Crippen molar-refractivity contribution in [1.82, 2.24) is 14.8 Å². The number of alkyl halides is 5. The molecule has 1 fully saturated rings. The molecule has 0 radical (unpaired) electrons. The van der Waals surface area contributed by atoms with Gasteiger partial charge in [-0.05, 0) is 38.1 Å². The predicted octanol–water partition coefficient (Wildman–Crippen LogP) is 2.06. The standard InChI is InChI=1S/C24H26F5N5O3S/c1-2-34-21(12-19(35)31-14-24(27,28)29)38-18(22(34)37)7-9-30-16-5-3-6-17(11-16)32-20(36)13-33-10-4-8-23(25,26)15-33/h3,5-6,9,11-12,30H,2,4,8,10,13-15H2,1H3,(H,31,35)(H,32,36)/b21-12-. The van der Waals surface area contributed by atoms with Crippen LogP contribution >= 0.6 is 11.3 Å². The van der Waals surface area contributed by atoms with Crippen molar-refractivity contribution < 1.29 is 31.5 Å². The van der Waals surface area contributed by atoms with Crippen molar-refractivity contribution in [1.29, 1.82) is 0 Å². The van der Waals surface area contributed by atoms with Gasteiger partial charge in [0.05, 0.1) is 13.1 Å².